The summed E-state index contributed by atoms with van der Waals surface area (Å²) in [6.45, 7) is 4.01. The molecule has 0 fully saturated rings. The number of hydrogen-bond acceptors (Lipinski definition) is 4. The lowest BCUT2D eigenvalue weighted by molar-refractivity contribution is -0.147. The van der Waals surface area contributed by atoms with E-state index in [2.05, 4.69) is 5.32 Å². The van der Waals surface area contributed by atoms with E-state index in [0.29, 0.717) is 18.8 Å². The van der Waals surface area contributed by atoms with Gasteiger partial charge in [-0.2, -0.15) is 0 Å². The molecule has 0 saturated carbocycles. The highest BCUT2D eigenvalue weighted by Gasteiger charge is 2.21. The molecule has 1 unspecified atom stereocenters. The summed E-state index contributed by atoms with van der Waals surface area (Å²) in [7, 11) is 0. The Morgan fingerprint density at radius 3 is 2.42 bits per heavy atom. The average Bonchev–Trinajstić information content (AvgIpc) is 2.62. The zero-order chi connectivity index (χ0) is 18.8. The second-order valence-corrected chi connectivity index (χ2v) is 5.90. The molecule has 2 aromatic rings. The first-order chi connectivity index (χ1) is 12.6. The molecular formula is C21H25NO4. The molecule has 5 nitrogen and oxygen atoms in total. The second kappa shape index (κ2) is 10.2. The van der Waals surface area contributed by atoms with Crippen LogP contribution in [0.25, 0.3) is 0 Å². The maximum Gasteiger partial charge on any atom is 0.328 e. The molecule has 2 aromatic carbocycles. The highest BCUT2D eigenvalue weighted by molar-refractivity contribution is 5.85. The molecule has 0 aromatic heterocycles. The first-order valence-corrected chi connectivity index (χ1v) is 8.90. The molecule has 0 radical (unpaired) electrons. The van der Waals surface area contributed by atoms with E-state index in [4.69, 9.17) is 9.47 Å². The van der Waals surface area contributed by atoms with Crippen molar-refractivity contribution in [2.45, 2.75) is 39.2 Å². The third kappa shape index (κ3) is 6.24. The topological polar surface area (TPSA) is 64.6 Å². The van der Waals surface area contributed by atoms with Crippen LogP contribution in [0.15, 0.2) is 54.6 Å². The Labute approximate surface area is 154 Å². The zero-order valence-corrected chi connectivity index (χ0v) is 15.2. The van der Waals surface area contributed by atoms with Gasteiger partial charge >= 0.3 is 5.97 Å². The van der Waals surface area contributed by atoms with E-state index >= 15 is 0 Å². The smallest absolute Gasteiger partial charge is 0.328 e. The summed E-state index contributed by atoms with van der Waals surface area (Å²) < 4.78 is 10.8. The van der Waals surface area contributed by atoms with E-state index in [1.54, 1.807) is 6.92 Å². The first kappa shape index (κ1) is 19.5. The number of amides is 1. The highest BCUT2D eigenvalue weighted by Crippen LogP contribution is 2.22. The summed E-state index contributed by atoms with van der Waals surface area (Å²) in [5.41, 5.74) is 0.815. The number of carbonyl (C=O) groups is 2. The van der Waals surface area contributed by atoms with E-state index in [-0.39, 0.29) is 18.3 Å². The number of nitrogens with one attached hydrogen (secondary N) is 1. The van der Waals surface area contributed by atoms with Crippen LogP contribution in [0.1, 0.15) is 32.3 Å². The van der Waals surface area contributed by atoms with Crippen LogP contribution < -0.4 is 10.1 Å². The fourth-order valence-electron chi connectivity index (χ4n) is 2.55. The molecule has 138 valence electrons. The van der Waals surface area contributed by atoms with Crippen molar-refractivity contribution < 1.29 is 19.1 Å². The van der Waals surface area contributed by atoms with Crippen LogP contribution in [-0.2, 0) is 20.7 Å². The second-order valence-electron chi connectivity index (χ2n) is 5.90. The van der Waals surface area contributed by atoms with Gasteiger partial charge in [-0.3, -0.25) is 4.79 Å². The van der Waals surface area contributed by atoms with Crippen molar-refractivity contribution in [2.24, 2.45) is 0 Å². The van der Waals surface area contributed by atoms with Crippen LogP contribution in [0.5, 0.6) is 11.5 Å². The summed E-state index contributed by atoms with van der Waals surface area (Å²) in [6, 6.07) is 16.2. The van der Waals surface area contributed by atoms with Gasteiger partial charge in [-0.1, -0.05) is 43.7 Å². The standard InChI is InChI=1S/C21H25NO4/c1-3-9-19(21(24)25-4-2)22-20(23)15-16-10-8-13-18(14-16)26-17-11-6-5-7-12-17/h5-8,10-14,19H,3-4,9,15H2,1-2H3,(H,22,23). The minimum Gasteiger partial charge on any atom is -0.464 e. The number of carbonyl (C=O) groups excluding carboxylic acids is 2. The van der Waals surface area contributed by atoms with Crippen LogP contribution in [0.3, 0.4) is 0 Å². The Kier molecular flexibility index (Phi) is 7.68. The molecule has 1 atom stereocenters. The Hall–Kier alpha value is -2.82. The van der Waals surface area contributed by atoms with Crippen LogP contribution in [-0.4, -0.2) is 24.5 Å². The first-order valence-electron chi connectivity index (χ1n) is 8.90. The molecule has 0 spiro atoms. The summed E-state index contributed by atoms with van der Waals surface area (Å²) in [5, 5.41) is 2.77. The Bertz CT molecular complexity index is 715. The molecule has 1 N–H and O–H groups in total. The van der Waals surface area contributed by atoms with Crippen LogP contribution in [0.2, 0.25) is 0 Å². The minimum atomic E-state index is -0.601. The number of para-hydroxylation sites is 1. The number of rotatable bonds is 9. The van der Waals surface area contributed by atoms with Crippen molar-refractivity contribution in [3.05, 3.63) is 60.2 Å². The lowest BCUT2D eigenvalue weighted by atomic mass is 10.1. The van der Waals surface area contributed by atoms with Gasteiger partial charge in [-0.05, 0) is 43.2 Å². The Balaban J connectivity index is 1.97. The van der Waals surface area contributed by atoms with Crippen molar-refractivity contribution >= 4 is 11.9 Å². The van der Waals surface area contributed by atoms with Crippen molar-refractivity contribution in [3.8, 4) is 11.5 Å². The van der Waals surface area contributed by atoms with Gasteiger partial charge in [0.25, 0.3) is 0 Å². The molecular weight excluding hydrogens is 330 g/mol. The number of benzene rings is 2. The maximum atomic E-state index is 12.3. The number of hydrogen-bond donors (Lipinski definition) is 1. The lowest BCUT2D eigenvalue weighted by Gasteiger charge is -2.16. The van der Waals surface area contributed by atoms with Gasteiger partial charge in [-0.15, -0.1) is 0 Å². The molecule has 26 heavy (non-hydrogen) atoms. The maximum absolute atomic E-state index is 12.3. The molecule has 0 heterocycles. The van der Waals surface area contributed by atoms with Gasteiger partial charge in [0.15, 0.2) is 0 Å². The lowest BCUT2D eigenvalue weighted by Crippen LogP contribution is -2.42. The predicted molar refractivity (Wildman–Crippen MR) is 100 cm³/mol. The average molecular weight is 355 g/mol. The molecule has 0 bridgehead atoms. The molecule has 2 rings (SSSR count). The van der Waals surface area contributed by atoms with E-state index in [1.807, 2.05) is 61.5 Å². The van der Waals surface area contributed by atoms with Gasteiger partial charge < -0.3 is 14.8 Å². The van der Waals surface area contributed by atoms with E-state index < -0.39 is 6.04 Å². The van der Waals surface area contributed by atoms with Gasteiger partial charge in [0, 0.05) is 0 Å². The third-order valence-corrected chi connectivity index (χ3v) is 3.73. The quantitative estimate of drug-likeness (QED) is 0.694. The van der Waals surface area contributed by atoms with Crippen molar-refractivity contribution in [1.82, 2.24) is 5.32 Å². The fourth-order valence-corrected chi connectivity index (χ4v) is 2.55. The molecule has 0 aliphatic heterocycles. The zero-order valence-electron chi connectivity index (χ0n) is 15.2. The SMILES string of the molecule is CCCC(NC(=O)Cc1cccc(Oc2ccccc2)c1)C(=O)OCC. The largest absolute Gasteiger partial charge is 0.464 e. The van der Waals surface area contributed by atoms with Crippen LogP contribution >= 0.6 is 0 Å². The Morgan fingerprint density at radius 2 is 1.73 bits per heavy atom. The van der Waals surface area contributed by atoms with Gasteiger partial charge in [0.1, 0.15) is 17.5 Å². The monoisotopic (exact) mass is 355 g/mol. The van der Waals surface area contributed by atoms with E-state index in [1.165, 1.54) is 0 Å². The van der Waals surface area contributed by atoms with Crippen molar-refractivity contribution in [2.75, 3.05) is 6.61 Å². The molecule has 0 aliphatic rings. The summed E-state index contributed by atoms with van der Waals surface area (Å²) >= 11 is 0. The van der Waals surface area contributed by atoms with E-state index in [9.17, 15) is 9.59 Å². The molecule has 1 amide bonds. The molecule has 5 heteroatoms. The molecule has 0 saturated heterocycles. The van der Waals surface area contributed by atoms with Crippen LogP contribution in [0.4, 0.5) is 0 Å². The normalized spacial score (nSPS) is 11.5. The van der Waals surface area contributed by atoms with Gasteiger partial charge in [-0.25, -0.2) is 4.79 Å². The van der Waals surface area contributed by atoms with Gasteiger partial charge in [0.05, 0.1) is 13.0 Å². The summed E-state index contributed by atoms with van der Waals surface area (Å²) in [5.74, 6) is 0.800. The van der Waals surface area contributed by atoms with E-state index in [0.717, 1.165) is 17.7 Å². The van der Waals surface area contributed by atoms with Crippen LogP contribution in [0, 0.1) is 0 Å². The summed E-state index contributed by atoms with van der Waals surface area (Å²) in [6.07, 6.45) is 1.51. The third-order valence-electron chi connectivity index (χ3n) is 3.73. The van der Waals surface area contributed by atoms with Crippen molar-refractivity contribution in [3.63, 3.8) is 0 Å². The predicted octanol–water partition coefficient (Wildman–Crippen LogP) is 3.87. The highest BCUT2D eigenvalue weighted by atomic mass is 16.5. The van der Waals surface area contributed by atoms with Crippen molar-refractivity contribution in [1.29, 1.82) is 0 Å². The van der Waals surface area contributed by atoms with Gasteiger partial charge in [0.2, 0.25) is 5.91 Å². The number of ether oxygens (including phenoxy) is 2. The number of esters is 1. The summed E-state index contributed by atoms with van der Waals surface area (Å²) in [4.78, 5) is 24.2. The fraction of sp³-hybridized carbons (Fsp3) is 0.333. The minimum absolute atomic E-state index is 0.172. The molecule has 0 aliphatic carbocycles. The Morgan fingerprint density at radius 1 is 1.00 bits per heavy atom.